The van der Waals surface area contributed by atoms with Gasteiger partial charge in [-0.1, -0.05) is 0 Å². The molecule has 0 aliphatic carbocycles. The molecule has 2 nitrogen and oxygen atoms in total. The normalized spacial score (nSPS) is 10.1. The van der Waals surface area contributed by atoms with E-state index in [1.54, 1.807) is 7.05 Å². The van der Waals surface area contributed by atoms with Crippen LogP contribution >= 0.6 is 0 Å². The van der Waals surface area contributed by atoms with Gasteiger partial charge in [0.15, 0.2) is 0 Å². The minimum Gasteiger partial charge on any atom is -0.391 e. The van der Waals surface area contributed by atoms with Crippen LogP contribution in [0.2, 0.25) is 0 Å². The van der Waals surface area contributed by atoms with Crippen LogP contribution in [0.4, 0.5) is 0 Å². The van der Waals surface area contributed by atoms with E-state index < -0.39 is 0 Å². The second-order valence-electron chi connectivity index (χ2n) is 1.21. The molecule has 0 aromatic rings. The summed E-state index contributed by atoms with van der Waals surface area (Å²) in [5, 5.41) is 10.8. The number of allylic oxidation sites excluding steroid dienone is 2. The molecule has 0 atom stereocenters. The molecule has 0 bridgehead atoms. The number of hydrogen-bond donors (Lipinski definition) is 1. The Balaban J connectivity index is 3.56. The van der Waals surface area contributed by atoms with E-state index >= 15 is 0 Å². The van der Waals surface area contributed by atoms with Crippen molar-refractivity contribution in [2.24, 2.45) is 0 Å². The number of rotatable bonds is 1. The fourth-order valence-corrected chi connectivity index (χ4v) is 0.169. The number of hydrogen-bond acceptors (Lipinski definition) is 2. The van der Waals surface area contributed by atoms with E-state index in [1.807, 2.05) is 13.0 Å². The molecule has 7 heavy (non-hydrogen) atoms. The molecule has 0 fully saturated rings. The van der Waals surface area contributed by atoms with Crippen LogP contribution < -0.4 is 5.32 Å². The van der Waals surface area contributed by atoms with E-state index in [1.165, 1.54) is 6.08 Å². The van der Waals surface area contributed by atoms with E-state index in [4.69, 9.17) is 5.26 Å². The van der Waals surface area contributed by atoms with Crippen molar-refractivity contribution in [3.63, 3.8) is 0 Å². The highest BCUT2D eigenvalue weighted by molar-refractivity contribution is 5.08. The van der Waals surface area contributed by atoms with Gasteiger partial charge in [0, 0.05) is 18.8 Å². The number of nitrogens with zero attached hydrogens (tertiary/aromatic N) is 1. The molecule has 0 rings (SSSR count). The molecule has 0 unspecified atom stereocenters. The monoisotopic (exact) mass is 96.1 g/mol. The third kappa shape index (κ3) is 2.84. The first-order valence-electron chi connectivity index (χ1n) is 2.05. The highest BCUT2D eigenvalue weighted by atomic mass is 14.8. The summed E-state index contributed by atoms with van der Waals surface area (Å²) in [5.41, 5.74) is 0.891. The van der Waals surface area contributed by atoms with Gasteiger partial charge in [0.2, 0.25) is 0 Å². The van der Waals surface area contributed by atoms with Gasteiger partial charge in [-0.3, -0.25) is 0 Å². The Kier molecular flexibility index (Phi) is 2.78. The van der Waals surface area contributed by atoms with Gasteiger partial charge in [-0.2, -0.15) is 5.26 Å². The van der Waals surface area contributed by atoms with Crippen LogP contribution in [0.25, 0.3) is 0 Å². The molecule has 38 valence electrons. The molecule has 0 aliphatic heterocycles. The standard InChI is InChI=1S/C5H8N2/c1-5(7-2)3-4-6/h3,7H,1-2H3/b5-3+. The quantitative estimate of drug-likeness (QED) is 0.486. The molecule has 0 saturated heterocycles. The lowest BCUT2D eigenvalue weighted by Gasteiger charge is -1.90. The molecule has 0 aromatic carbocycles. The van der Waals surface area contributed by atoms with Gasteiger partial charge in [0.1, 0.15) is 0 Å². The summed E-state index contributed by atoms with van der Waals surface area (Å²) in [6, 6.07) is 1.89. The average Bonchev–Trinajstić information content (AvgIpc) is 1.68. The van der Waals surface area contributed by atoms with Crippen molar-refractivity contribution in [1.29, 1.82) is 5.26 Å². The molecular weight excluding hydrogens is 88.1 g/mol. The topological polar surface area (TPSA) is 35.8 Å². The maximum absolute atomic E-state index is 8.00. The molecular formula is C5H8N2. The zero-order chi connectivity index (χ0) is 5.70. The van der Waals surface area contributed by atoms with Crippen LogP contribution in [0.5, 0.6) is 0 Å². The van der Waals surface area contributed by atoms with Crippen LogP contribution in [0, 0.1) is 11.3 Å². The average molecular weight is 96.1 g/mol. The summed E-state index contributed by atoms with van der Waals surface area (Å²) in [4.78, 5) is 0. The molecule has 2 heteroatoms. The van der Waals surface area contributed by atoms with E-state index in [-0.39, 0.29) is 0 Å². The van der Waals surface area contributed by atoms with E-state index in [0.29, 0.717) is 0 Å². The lowest BCUT2D eigenvalue weighted by Crippen LogP contribution is -2.00. The smallest absolute Gasteiger partial charge is 0.0930 e. The van der Waals surface area contributed by atoms with Crippen LogP contribution in [0.1, 0.15) is 6.92 Å². The first kappa shape index (κ1) is 6.03. The van der Waals surface area contributed by atoms with Crippen molar-refractivity contribution < 1.29 is 0 Å². The minimum absolute atomic E-state index is 0.891. The van der Waals surface area contributed by atoms with E-state index in [9.17, 15) is 0 Å². The van der Waals surface area contributed by atoms with Crippen molar-refractivity contribution >= 4 is 0 Å². The SMILES string of the molecule is CN/C(C)=C/C#N. The maximum atomic E-state index is 8.00. The van der Waals surface area contributed by atoms with Crippen molar-refractivity contribution in [2.75, 3.05) is 7.05 Å². The Morgan fingerprint density at radius 1 is 1.86 bits per heavy atom. The summed E-state index contributed by atoms with van der Waals surface area (Å²) >= 11 is 0. The zero-order valence-electron chi connectivity index (χ0n) is 4.52. The van der Waals surface area contributed by atoms with Gasteiger partial charge < -0.3 is 5.32 Å². The minimum atomic E-state index is 0.891. The molecule has 0 aromatic heterocycles. The fourth-order valence-electron chi connectivity index (χ4n) is 0.169. The van der Waals surface area contributed by atoms with Crippen LogP contribution in [-0.2, 0) is 0 Å². The van der Waals surface area contributed by atoms with Crippen LogP contribution in [-0.4, -0.2) is 7.05 Å². The Hall–Kier alpha value is -0.970. The Labute approximate surface area is 43.5 Å². The second-order valence-corrected chi connectivity index (χ2v) is 1.21. The third-order valence-electron chi connectivity index (χ3n) is 0.675. The highest BCUT2D eigenvalue weighted by Gasteiger charge is 1.73. The van der Waals surface area contributed by atoms with Gasteiger partial charge in [-0.25, -0.2) is 0 Å². The number of nitrogens with one attached hydrogen (secondary N) is 1. The highest BCUT2D eigenvalue weighted by Crippen LogP contribution is 1.78. The van der Waals surface area contributed by atoms with Gasteiger partial charge in [-0.05, 0) is 6.92 Å². The predicted octanol–water partition coefficient (Wildman–Crippen LogP) is 0.633. The van der Waals surface area contributed by atoms with Crippen molar-refractivity contribution in [1.82, 2.24) is 5.32 Å². The largest absolute Gasteiger partial charge is 0.391 e. The summed E-state index contributed by atoms with van der Waals surface area (Å²) < 4.78 is 0. The Morgan fingerprint density at radius 3 is 2.57 bits per heavy atom. The first-order chi connectivity index (χ1) is 3.31. The van der Waals surface area contributed by atoms with Gasteiger partial charge in [0.25, 0.3) is 0 Å². The zero-order valence-corrected chi connectivity index (χ0v) is 4.52. The Bertz CT molecular complexity index is 108. The number of nitriles is 1. The van der Waals surface area contributed by atoms with Crippen molar-refractivity contribution in [2.45, 2.75) is 6.92 Å². The van der Waals surface area contributed by atoms with E-state index in [2.05, 4.69) is 5.32 Å². The second kappa shape index (κ2) is 3.23. The van der Waals surface area contributed by atoms with Gasteiger partial charge in [-0.15, -0.1) is 0 Å². The first-order valence-corrected chi connectivity index (χ1v) is 2.05. The molecule has 0 aliphatic rings. The van der Waals surface area contributed by atoms with Crippen LogP contribution in [0.15, 0.2) is 11.8 Å². The molecule has 0 saturated carbocycles. The third-order valence-corrected chi connectivity index (χ3v) is 0.675. The van der Waals surface area contributed by atoms with Crippen LogP contribution in [0.3, 0.4) is 0 Å². The molecule has 0 spiro atoms. The van der Waals surface area contributed by atoms with Gasteiger partial charge in [0.05, 0.1) is 6.07 Å². The van der Waals surface area contributed by atoms with E-state index in [0.717, 1.165) is 5.70 Å². The van der Waals surface area contributed by atoms with Gasteiger partial charge >= 0.3 is 0 Å². The Morgan fingerprint density at radius 2 is 2.43 bits per heavy atom. The summed E-state index contributed by atoms with van der Waals surface area (Å²) in [5.74, 6) is 0. The summed E-state index contributed by atoms with van der Waals surface area (Å²) in [6.45, 7) is 1.84. The maximum Gasteiger partial charge on any atom is 0.0930 e. The fraction of sp³-hybridized carbons (Fsp3) is 0.400. The lowest BCUT2D eigenvalue weighted by molar-refractivity contribution is 0.991. The molecule has 0 radical (unpaired) electrons. The predicted molar refractivity (Wildman–Crippen MR) is 28.4 cm³/mol. The lowest BCUT2D eigenvalue weighted by atomic mass is 10.5. The summed E-state index contributed by atoms with van der Waals surface area (Å²) in [7, 11) is 1.78. The molecule has 0 heterocycles. The van der Waals surface area contributed by atoms with Crippen molar-refractivity contribution in [3.8, 4) is 6.07 Å². The molecule has 0 amide bonds. The summed E-state index contributed by atoms with van der Waals surface area (Å²) in [6.07, 6.45) is 1.46. The van der Waals surface area contributed by atoms with Crippen molar-refractivity contribution in [3.05, 3.63) is 11.8 Å². The molecule has 1 N–H and O–H groups in total.